The zero-order valence-electron chi connectivity index (χ0n) is 7.29. The molecule has 0 bridgehead atoms. The molecule has 2 rings (SSSR count). The van der Waals surface area contributed by atoms with E-state index >= 15 is 0 Å². The molecule has 2 nitrogen and oxygen atoms in total. The van der Waals surface area contributed by atoms with Gasteiger partial charge in [0.2, 0.25) is 0 Å². The van der Waals surface area contributed by atoms with Crippen LogP contribution in [-0.2, 0) is 6.54 Å². The molecule has 0 spiro atoms. The molecule has 13 heavy (non-hydrogen) atoms. The molecule has 0 heterocycles. The average Bonchev–Trinajstić information content (AvgIpc) is 2.93. The van der Waals surface area contributed by atoms with Crippen LogP contribution in [0.15, 0.2) is 18.2 Å². The first kappa shape index (κ1) is 9.27. The Morgan fingerprint density at radius 3 is 2.85 bits per heavy atom. The largest absolute Gasteiger partial charge is 0.489 e. The number of hydrogen-bond donors (Lipinski definition) is 1. The summed E-state index contributed by atoms with van der Waals surface area (Å²) in [5.41, 5.74) is 6.69. The summed E-state index contributed by atoms with van der Waals surface area (Å²) in [6.45, 7) is 0.581. The number of halogens is 1. The molecule has 0 saturated heterocycles. The van der Waals surface area contributed by atoms with Gasteiger partial charge in [0.05, 0.1) is 9.67 Å². The predicted molar refractivity (Wildman–Crippen MR) is 60.7 cm³/mol. The summed E-state index contributed by atoms with van der Waals surface area (Å²) in [6, 6.07) is 6.14. The second-order valence-corrected chi connectivity index (χ2v) is 4.45. The summed E-state index contributed by atoms with van der Waals surface area (Å²) in [4.78, 5) is 0. The quantitative estimate of drug-likeness (QED) is 0.867. The van der Waals surface area contributed by atoms with Crippen molar-refractivity contribution in [2.24, 2.45) is 5.73 Å². The van der Waals surface area contributed by atoms with Crippen LogP contribution < -0.4 is 10.5 Å². The van der Waals surface area contributed by atoms with Crippen molar-refractivity contribution in [1.29, 1.82) is 0 Å². The first-order chi connectivity index (χ1) is 6.29. The maximum absolute atomic E-state index is 5.74. The van der Waals surface area contributed by atoms with Gasteiger partial charge in [-0.05, 0) is 53.1 Å². The van der Waals surface area contributed by atoms with E-state index in [1.807, 2.05) is 12.1 Å². The van der Waals surface area contributed by atoms with Crippen molar-refractivity contribution in [3.8, 4) is 5.75 Å². The van der Waals surface area contributed by atoms with E-state index in [1.54, 1.807) is 0 Å². The summed E-state index contributed by atoms with van der Waals surface area (Å²) in [7, 11) is 0. The van der Waals surface area contributed by atoms with Gasteiger partial charge in [-0.15, -0.1) is 0 Å². The van der Waals surface area contributed by atoms with Crippen LogP contribution in [-0.4, -0.2) is 6.10 Å². The van der Waals surface area contributed by atoms with Gasteiger partial charge in [0.25, 0.3) is 0 Å². The summed E-state index contributed by atoms with van der Waals surface area (Å²) < 4.78 is 6.90. The normalized spacial score (nSPS) is 15.8. The highest BCUT2D eigenvalue weighted by atomic mass is 127. The number of rotatable bonds is 3. The molecule has 70 valence electrons. The Hall–Kier alpha value is -0.290. The molecule has 1 aromatic rings. The number of ether oxygens (including phenoxy) is 1. The maximum atomic E-state index is 5.74. The molecule has 1 aliphatic rings. The topological polar surface area (TPSA) is 35.2 Å². The third-order valence-electron chi connectivity index (χ3n) is 2.05. The Morgan fingerprint density at radius 1 is 1.46 bits per heavy atom. The minimum Gasteiger partial charge on any atom is -0.489 e. The lowest BCUT2D eigenvalue weighted by Crippen LogP contribution is -2.01. The zero-order valence-corrected chi connectivity index (χ0v) is 9.45. The van der Waals surface area contributed by atoms with Gasteiger partial charge in [0.1, 0.15) is 5.75 Å². The van der Waals surface area contributed by atoms with Crippen LogP contribution in [0.5, 0.6) is 5.75 Å². The maximum Gasteiger partial charge on any atom is 0.133 e. The molecular formula is C10H12INO. The lowest BCUT2D eigenvalue weighted by molar-refractivity contribution is 0.300. The molecule has 0 radical (unpaired) electrons. The molecule has 1 fully saturated rings. The number of benzene rings is 1. The van der Waals surface area contributed by atoms with Crippen LogP contribution in [0.1, 0.15) is 18.4 Å². The molecule has 0 atom stereocenters. The van der Waals surface area contributed by atoms with Crippen LogP contribution in [0.4, 0.5) is 0 Å². The average molecular weight is 289 g/mol. The zero-order chi connectivity index (χ0) is 9.26. The van der Waals surface area contributed by atoms with Gasteiger partial charge >= 0.3 is 0 Å². The third-order valence-corrected chi connectivity index (χ3v) is 2.94. The second kappa shape index (κ2) is 3.84. The molecule has 0 aromatic heterocycles. The highest BCUT2D eigenvalue weighted by molar-refractivity contribution is 14.1. The Bertz CT molecular complexity index is 310. The molecule has 3 heteroatoms. The Labute approximate surface area is 91.6 Å². The highest BCUT2D eigenvalue weighted by Gasteiger charge is 2.24. The fraction of sp³-hybridized carbons (Fsp3) is 0.400. The van der Waals surface area contributed by atoms with E-state index < -0.39 is 0 Å². The summed E-state index contributed by atoms with van der Waals surface area (Å²) >= 11 is 2.29. The number of nitrogens with two attached hydrogens (primary N) is 1. The van der Waals surface area contributed by atoms with Crippen LogP contribution >= 0.6 is 22.6 Å². The lowest BCUT2D eigenvalue weighted by Gasteiger charge is -2.08. The van der Waals surface area contributed by atoms with E-state index in [0.29, 0.717) is 12.6 Å². The van der Waals surface area contributed by atoms with Gasteiger partial charge < -0.3 is 10.5 Å². The van der Waals surface area contributed by atoms with Crippen molar-refractivity contribution in [2.45, 2.75) is 25.5 Å². The molecule has 1 aliphatic carbocycles. The first-order valence-corrected chi connectivity index (χ1v) is 5.52. The molecule has 2 N–H and O–H groups in total. The van der Waals surface area contributed by atoms with Gasteiger partial charge in [0.15, 0.2) is 0 Å². The van der Waals surface area contributed by atoms with Crippen LogP contribution in [0, 0.1) is 3.57 Å². The van der Waals surface area contributed by atoms with Gasteiger partial charge in [-0.25, -0.2) is 0 Å². The van der Waals surface area contributed by atoms with Crippen molar-refractivity contribution in [3.63, 3.8) is 0 Å². The molecule has 0 amide bonds. The molecule has 1 saturated carbocycles. The number of hydrogen-bond acceptors (Lipinski definition) is 2. The predicted octanol–water partition coefficient (Wildman–Crippen LogP) is 2.29. The van der Waals surface area contributed by atoms with E-state index in [-0.39, 0.29) is 0 Å². The fourth-order valence-corrected chi connectivity index (χ4v) is 1.59. The smallest absolute Gasteiger partial charge is 0.133 e. The van der Waals surface area contributed by atoms with Crippen LogP contribution in [0.3, 0.4) is 0 Å². The molecule has 1 aromatic carbocycles. The third kappa shape index (κ3) is 2.34. The summed E-state index contributed by atoms with van der Waals surface area (Å²) in [5.74, 6) is 0.992. The van der Waals surface area contributed by atoms with Crippen LogP contribution in [0.2, 0.25) is 0 Å². The van der Waals surface area contributed by atoms with E-state index in [2.05, 4.69) is 28.7 Å². The van der Waals surface area contributed by atoms with Gasteiger partial charge in [-0.2, -0.15) is 0 Å². The minimum absolute atomic E-state index is 0.460. The minimum atomic E-state index is 0.460. The monoisotopic (exact) mass is 289 g/mol. The molecule has 0 aliphatic heterocycles. The van der Waals surface area contributed by atoms with Crippen molar-refractivity contribution >= 4 is 22.6 Å². The summed E-state index contributed by atoms with van der Waals surface area (Å²) in [5, 5.41) is 0. The lowest BCUT2D eigenvalue weighted by atomic mass is 10.2. The summed E-state index contributed by atoms with van der Waals surface area (Å²) in [6.07, 6.45) is 2.85. The van der Waals surface area contributed by atoms with Gasteiger partial charge in [-0.3, -0.25) is 0 Å². The second-order valence-electron chi connectivity index (χ2n) is 3.29. The first-order valence-electron chi connectivity index (χ1n) is 4.45. The van der Waals surface area contributed by atoms with Crippen molar-refractivity contribution in [2.75, 3.05) is 0 Å². The van der Waals surface area contributed by atoms with E-state index in [0.717, 1.165) is 11.3 Å². The van der Waals surface area contributed by atoms with E-state index in [1.165, 1.54) is 16.4 Å². The van der Waals surface area contributed by atoms with Gasteiger partial charge in [-0.1, -0.05) is 6.07 Å². The van der Waals surface area contributed by atoms with E-state index in [9.17, 15) is 0 Å². The fourth-order valence-electron chi connectivity index (χ4n) is 1.13. The van der Waals surface area contributed by atoms with Crippen molar-refractivity contribution in [1.82, 2.24) is 0 Å². The van der Waals surface area contributed by atoms with Crippen molar-refractivity contribution < 1.29 is 4.74 Å². The van der Waals surface area contributed by atoms with Crippen LogP contribution in [0.25, 0.3) is 0 Å². The van der Waals surface area contributed by atoms with E-state index in [4.69, 9.17) is 10.5 Å². The standard InChI is InChI=1S/C10H12INO/c11-9-4-1-7(6-12)5-10(9)13-8-2-3-8/h1,4-5,8H,2-3,6,12H2. The molecule has 0 unspecified atom stereocenters. The Kier molecular flexibility index (Phi) is 2.74. The van der Waals surface area contributed by atoms with Gasteiger partial charge in [0, 0.05) is 6.54 Å². The van der Waals surface area contributed by atoms with Crippen molar-refractivity contribution in [3.05, 3.63) is 27.3 Å². The Morgan fingerprint density at radius 2 is 2.23 bits per heavy atom. The highest BCUT2D eigenvalue weighted by Crippen LogP contribution is 2.30. The molecular weight excluding hydrogens is 277 g/mol. The Balaban J connectivity index is 2.19. The SMILES string of the molecule is NCc1ccc(I)c(OC2CC2)c1.